The van der Waals surface area contributed by atoms with Gasteiger partial charge in [0.1, 0.15) is 22.0 Å². The van der Waals surface area contributed by atoms with Crippen molar-refractivity contribution in [3.05, 3.63) is 98.8 Å². The molecule has 0 fully saturated rings. The molecule has 0 aliphatic rings. The Bertz CT molecular complexity index is 1510. The number of carbonyl (C=O) groups excluding carboxylic acids is 1. The van der Waals surface area contributed by atoms with Gasteiger partial charge in [0.05, 0.1) is 10.5 Å². The second kappa shape index (κ2) is 9.89. The highest BCUT2D eigenvalue weighted by Crippen LogP contribution is 2.32. The number of aryl methyl sites for hydroxylation is 1. The first-order chi connectivity index (χ1) is 16.7. The van der Waals surface area contributed by atoms with Gasteiger partial charge >= 0.3 is 10.1 Å². The standard InChI is InChI=1S/C25H20ClNO7S/c1-2-3-4-23-24(21-15-18(27(29)30)9-14-22(21)33-23)25(28)16-5-10-19(11-6-16)34-35(31,32)20-12-7-17(26)8-13-20/h5-15H,2-4H2,1H3. The zero-order chi connectivity index (χ0) is 25.2. The molecule has 0 amide bonds. The van der Waals surface area contributed by atoms with Gasteiger partial charge in [-0.1, -0.05) is 24.9 Å². The van der Waals surface area contributed by atoms with E-state index in [-0.39, 0.29) is 33.2 Å². The van der Waals surface area contributed by atoms with Gasteiger partial charge in [-0.05, 0) is 61.0 Å². The Kier molecular flexibility index (Phi) is 6.90. The number of furan rings is 1. The molecule has 10 heteroatoms. The summed E-state index contributed by atoms with van der Waals surface area (Å²) in [6, 6.07) is 15.3. The Balaban J connectivity index is 1.66. The lowest BCUT2D eigenvalue weighted by atomic mass is 9.98. The van der Waals surface area contributed by atoms with Crippen LogP contribution in [0.25, 0.3) is 11.0 Å². The molecule has 35 heavy (non-hydrogen) atoms. The quantitative estimate of drug-likeness (QED) is 0.111. The van der Waals surface area contributed by atoms with Crippen molar-refractivity contribution in [2.24, 2.45) is 0 Å². The number of hydrogen-bond acceptors (Lipinski definition) is 7. The molecule has 0 saturated carbocycles. The van der Waals surface area contributed by atoms with E-state index in [4.69, 9.17) is 20.2 Å². The van der Waals surface area contributed by atoms with Crippen LogP contribution >= 0.6 is 11.6 Å². The molecular formula is C25H20ClNO7S. The normalized spacial score (nSPS) is 11.5. The number of benzene rings is 3. The second-order valence-electron chi connectivity index (χ2n) is 7.79. The van der Waals surface area contributed by atoms with E-state index in [1.807, 2.05) is 6.92 Å². The third-order valence-electron chi connectivity index (χ3n) is 5.36. The minimum Gasteiger partial charge on any atom is -0.460 e. The van der Waals surface area contributed by atoms with Crippen LogP contribution in [0.1, 0.15) is 41.4 Å². The lowest BCUT2D eigenvalue weighted by molar-refractivity contribution is -0.384. The van der Waals surface area contributed by atoms with Crippen molar-refractivity contribution in [1.82, 2.24) is 0 Å². The van der Waals surface area contributed by atoms with Gasteiger partial charge in [0.2, 0.25) is 0 Å². The summed E-state index contributed by atoms with van der Waals surface area (Å²) in [5, 5.41) is 12.0. The van der Waals surface area contributed by atoms with Crippen LogP contribution in [0.5, 0.6) is 5.75 Å². The van der Waals surface area contributed by atoms with E-state index in [0.717, 1.165) is 12.8 Å². The van der Waals surface area contributed by atoms with Gasteiger partial charge in [0, 0.05) is 34.5 Å². The molecule has 0 unspecified atom stereocenters. The lowest BCUT2D eigenvalue weighted by Gasteiger charge is -2.08. The number of fused-ring (bicyclic) bond motifs is 1. The first-order valence-electron chi connectivity index (χ1n) is 10.7. The fraction of sp³-hybridized carbons (Fsp3) is 0.160. The maximum absolute atomic E-state index is 13.4. The Labute approximate surface area is 206 Å². The predicted molar refractivity (Wildman–Crippen MR) is 131 cm³/mol. The lowest BCUT2D eigenvalue weighted by Crippen LogP contribution is -2.10. The molecule has 8 nitrogen and oxygen atoms in total. The highest BCUT2D eigenvalue weighted by atomic mass is 35.5. The second-order valence-corrected chi connectivity index (χ2v) is 9.77. The molecule has 0 saturated heterocycles. The highest BCUT2D eigenvalue weighted by Gasteiger charge is 2.24. The summed E-state index contributed by atoms with van der Waals surface area (Å²) in [5.41, 5.74) is 0.761. The summed E-state index contributed by atoms with van der Waals surface area (Å²) in [4.78, 5) is 24.1. The van der Waals surface area contributed by atoms with Crippen molar-refractivity contribution in [3.8, 4) is 5.75 Å². The summed E-state index contributed by atoms with van der Waals surface area (Å²) >= 11 is 5.80. The number of halogens is 1. The fourth-order valence-corrected chi connectivity index (χ4v) is 4.65. The van der Waals surface area contributed by atoms with Crippen LogP contribution in [-0.2, 0) is 16.5 Å². The van der Waals surface area contributed by atoms with Crippen molar-refractivity contribution in [2.45, 2.75) is 31.1 Å². The number of nitrogens with zero attached hydrogens (tertiary/aromatic N) is 1. The third-order valence-corrected chi connectivity index (χ3v) is 6.88. The van der Waals surface area contributed by atoms with E-state index in [0.29, 0.717) is 28.2 Å². The SMILES string of the molecule is CCCCc1oc2ccc([N+](=O)[O-])cc2c1C(=O)c1ccc(OS(=O)(=O)c2ccc(Cl)cc2)cc1. The van der Waals surface area contributed by atoms with Gasteiger partial charge in [-0.15, -0.1) is 0 Å². The molecule has 0 aliphatic heterocycles. The first-order valence-corrected chi connectivity index (χ1v) is 12.5. The van der Waals surface area contributed by atoms with Gasteiger partial charge in [0.15, 0.2) is 5.78 Å². The molecule has 1 aromatic heterocycles. The van der Waals surface area contributed by atoms with Crippen LogP contribution in [0.15, 0.2) is 76.0 Å². The van der Waals surface area contributed by atoms with Gasteiger partial charge in [0.25, 0.3) is 5.69 Å². The van der Waals surface area contributed by atoms with E-state index >= 15 is 0 Å². The molecule has 3 aromatic carbocycles. The summed E-state index contributed by atoms with van der Waals surface area (Å²) in [6.45, 7) is 2.01. The van der Waals surface area contributed by atoms with Crippen molar-refractivity contribution in [1.29, 1.82) is 0 Å². The van der Waals surface area contributed by atoms with Crippen molar-refractivity contribution in [3.63, 3.8) is 0 Å². The average molecular weight is 514 g/mol. The maximum Gasteiger partial charge on any atom is 0.339 e. The number of nitro groups is 1. The van der Waals surface area contributed by atoms with E-state index < -0.39 is 15.0 Å². The fourth-order valence-electron chi connectivity index (χ4n) is 3.59. The smallest absolute Gasteiger partial charge is 0.339 e. The molecule has 4 aromatic rings. The molecule has 1 heterocycles. The Morgan fingerprint density at radius 1 is 1.06 bits per heavy atom. The number of nitro benzene ring substituents is 1. The monoisotopic (exact) mass is 513 g/mol. The largest absolute Gasteiger partial charge is 0.460 e. The number of unbranched alkanes of at least 4 members (excludes halogenated alkanes) is 1. The van der Waals surface area contributed by atoms with Crippen LogP contribution < -0.4 is 4.18 Å². The Morgan fingerprint density at radius 2 is 1.74 bits per heavy atom. The third kappa shape index (κ3) is 5.21. The molecule has 0 atom stereocenters. The van der Waals surface area contributed by atoms with Crippen LogP contribution in [0.4, 0.5) is 5.69 Å². The van der Waals surface area contributed by atoms with Crippen LogP contribution in [-0.4, -0.2) is 19.1 Å². The van der Waals surface area contributed by atoms with Crippen LogP contribution in [0, 0.1) is 10.1 Å². The molecule has 0 spiro atoms. The number of ketones is 1. The van der Waals surface area contributed by atoms with E-state index in [2.05, 4.69) is 0 Å². The highest BCUT2D eigenvalue weighted by molar-refractivity contribution is 7.87. The van der Waals surface area contributed by atoms with Crippen molar-refractivity contribution >= 4 is 44.2 Å². The average Bonchev–Trinajstić information content (AvgIpc) is 3.20. The number of carbonyl (C=O) groups is 1. The minimum atomic E-state index is -4.09. The van der Waals surface area contributed by atoms with E-state index in [9.17, 15) is 23.3 Å². The molecular weight excluding hydrogens is 494 g/mol. The van der Waals surface area contributed by atoms with E-state index in [1.54, 1.807) is 0 Å². The topological polar surface area (TPSA) is 117 Å². The number of hydrogen-bond donors (Lipinski definition) is 0. The summed E-state index contributed by atoms with van der Waals surface area (Å²) < 4.78 is 36.0. The van der Waals surface area contributed by atoms with Crippen molar-refractivity contribution < 1.29 is 26.7 Å². The van der Waals surface area contributed by atoms with E-state index in [1.165, 1.54) is 66.7 Å². The Morgan fingerprint density at radius 3 is 2.37 bits per heavy atom. The van der Waals surface area contributed by atoms with Crippen LogP contribution in [0.2, 0.25) is 5.02 Å². The van der Waals surface area contributed by atoms with Gasteiger partial charge < -0.3 is 8.60 Å². The molecule has 0 aliphatic carbocycles. The first kappa shape index (κ1) is 24.4. The molecule has 0 radical (unpaired) electrons. The van der Waals surface area contributed by atoms with Gasteiger partial charge in [-0.3, -0.25) is 14.9 Å². The van der Waals surface area contributed by atoms with Gasteiger partial charge in [-0.25, -0.2) is 0 Å². The molecule has 0 N–H and O–H groups in total. The predicted octanol–water partition coefficient (Wildman–Crippen LogP) is 6.34. The number of rotatable bonds is 9. The Hall–Kier alpha value is -3.69. The molecule has 180 valence electrons. The number of non-ortho nitro benzene ring substituents is 1. The minimum absolute atomic E-state index is 0.0235. The van der Waals surface area contributed by atoms with Crippen molar-refractivity contribution in [2.75, 3.05) is 0 Å². The summed E-state index contributed by atoms with van der Waals surface area (Å²) in [5.74, 6) is 0.0934. The summed E-state index contributed by atoms with van der Waals surface area (Å²) in [6.07, 6.45) is 2.15. The zero-order valence-corrected chi connectivity index (χ0v) is 20.1. The zero-order valence-electron chi connectivity index (χ0n) is 18.6. The maximum atomic E-state index is 13.4. The van der Waals surface area contributed by atoms with Crippen LogP contribution in [0.3, 0.4) is 0 Å². The van der Waals surface area contributed by atoms with Gasteiger partial charge in [-0.2, -0.15) is 8.42 Å². The molecule has 0 bridgehead atoms. The summed E-state index contributed by atoms with van der Waals surface area (Å²) in [7, 11) is -4.09. The molecule has 4 rings (SSSR count).